The van der Waals surface area contributed by atoms with Crippen molar-refractivity contribution in [3.8, 4) is 142 Å². The van der Waals surface area contributed by atoms with Crippen molar-refractivity contribution < 1.29 is 39.8 Å². The predicted octanol–water partition coefficient (Wildman–Crippen LogP) is 1.13. The van der Waals surface area contributed by atoms with Crippen LogP contribution in [0.3, 0.4) is 0 Å². The van der Waals surface area contributed by atoms with Crippen LogP contribution in [0.25, 0.3) is 0 Å². The van der Waals surface area contributed by atoms with E-state index in [9.17, 15) is 30.3 Å². The van der Waals surface area contributed by atoms with Crippen molar-refractivity contribution >= 4 is 5.91 Å². The van der Waals surface area contributed by atoms with Crippen LogP contribution in [0.5, 0.6) is 0 Å². The summed E-state index contributed by atoms with van der Waals surface area (Å²) < 4.78 is 11.1. The van der Waals surface area contributed by atoms with Crippen molar-refractivity contribution in [2.75, 3.05) is 13.2 Å². The molecule has 10 heteroatoms. The van der Waals surface area contributed by atoms with Gasteiger partial charge in [0.25, 0.3) is 5.91 Å². The first kappa shape index (κ1) is 51.9. The highest BCUT2D eigenvalue weighted by molar-refractivity contribution is 5.94. The van der Waals surface area contributed by atoms with E-state index in [1.165, 1.54) is 51.4 Å². The Kier molecular flexibility index (Phi) is 31.1. The summed E-state index contributed by atoms with van der Waals surface area (Å²) in [6.07, 6.45) is 4.18. The standard InChI is InChI=1S/C50H52N2O8/c1-3-5-7-9-11-13-15-17-18-19-20-21-22-23-24-25-26-27-29-31-33-35-37-39-45(54)52-42(41-59-50-49(58)48(57)47(56)44(40-51)60-50)46(55)43(53)38-36-34-32-30-28-16-14-12-10-8-6-4-2/h42-44,46-50,53,55-58H,4,6,8,10,12,14,16,28,30,32,34,36,38,40-41,51H2,1-2H3,(H,52,54)/t42-,43?,44?,46-,47?,48?,49?,50?/m0/s1. The maximum absolute atomic E-state index is 12.7. The van der Waals surface area contributed by atoms with Crippen LogP contribution in [-0.4, -0.2) is 93.5 Å². The van der Waals surface area contributed by atoms with Gasteiger partial charge in [-0.3, -0.25) is 4.79 Å². The number of aliphatic hydroxyl groups is 5. The highest BCUT2D eigenvalue weighted by Crippen LogP contribution is 2.22. The van der Waals surface area contributed by atoms with Crippen LogP contribution in [0, 0.1) is 142 Å². The van der Waals surface area contributed by atoms with E-state index in [0.717, 1.165) is 19.3 Å². The van der Waals surface area contributed by atoms with Gasteiger partial charge in [0, 0.05) is 48.0 Å². The SMILES string of the molecule is CC#CC#CC#CC#CC#CC#CC#CC#CC#CC#CC#CC#CC(=O)N[C@@H](COC1OC(CN)C(O)C(O)C1O)[C@H](O)C(O)CCCCCCCCCCCCCC. The quantitative estimate of drug-likeness (QED) is 0.0703. The zero-order valence-electron chi connectivity index (χ0n) is 34.3. The molecule has 6 unspecified atom stereocenters. The third-order valence-electron chi connectivity index (χ3n) is 8.43. The minimum atomic E-state index is -1.65. The van der Waals surface area contributed by atoms with Gasteiger partial charge in [-0.05, 0) is 108 Å². The van der Waals surface area contributed by atoms with Crippen LogP contribution in [0.2, 0.25) is 0 Å². The monoisotopic (exact) mass is 808 g/mol. The summed E-state index contributed by atoms with van der Waals surface area (Å²) in [7, 11) is 0. The number of hydrogen-bond donors (Lipinski definition) is 7. The molecular formula is C50H52N2O8. The third-order valence-corrected chi connectivity index (χ3v) is 8.43. The molecule has 1 amide bonds. The molecule has 8 atom stereocenters. The topological polar surface area (TPSA) is 175 Å². The lowest BCUT2D eigenvalue weighted by molar-refractivity contribution is -0.296. The minimum absolute atomic E-state index is 0.168. The van der Waals surface area contributed by atoms with E-state index in [-0.39, 0.29) is 13.0 Å². The lowest BCUT2D eigenvalue weighted by Crippen LogP contribution is -2.61. The number of nitrogens with one attached hydrogen (secondary N) is 1. The fourth-order valence-electron chi connectivity index (χ4n) is 5.29. The van der Waals surface area contributed by atoms with Crippen LogP contribution in [-0.2, 0) is 14.3 Å². The number of carbonyl (C=O) groups excluding carboxylic acids is 1. The lowest BCUT2D eigenvalue weighted by atomic mass is 9.98. The van der Waals surface area contributed by atoms with Crippen molar-refractivity contribution in [2.24, 2.45) is 5.73 Å². The zero-order valence-corrected chi connectivity index (χ0v) is 34.3. The number of rotatable bonds is 20. The first-order valence-electron chi connectivity index (χ1n) is 19.9. The molecule has 0 aliphatic carbocycles. The smallest absolute Gasteiger partial charge is 0.297 e. The fourth-order valence-corrected chi connectivity index (χ4v) is 5.29. The zero-order chi connectivity index (χ0) is 43.9. The molecular weight excluding hydrogens is 757 g/mol. The van der Waals surface area contributed by atoms with E-state index in [0.29, 0.717) is 6.42 Å². The van der Waals surface area contributed by atoms with Crippen LogP contribution >= 0.6 is 0 Å². The molecule has 1 aliphatic rings. The summed E-state index contributed by atoms with van der Waals surface area (Å²) in [5.41, 5.74) is 5.61. The van der Waals surface area contributed by atoms with Crippen molar-refractivity contribution in [3.05, 3.63) is 0 Å². The van der Waals surface area contributed by atoms with Gasteiger partial charge in [-0.2, -0.15) is 0 Å². The second kappa shape index (κ2) is 36.0. The Bertz CT molecular complexity index is 2140. The Morgan fingerprint density at radius 2 is 1.00 bits per heavy atom. The first-order chi connectivity index (χ1) is 29.3. The Hall–Kier alpha value is -6.13. The molecule has 0 aromatic rings. The summed E-state index contributed by atoms with van der Waals surface area (Å²) >= 11 is 0. The number of ether oxygens (including phenoxy) is 2. The molecule has 0 aromatic carbocycles. The second-order valence-corrected chi connectivity index (χ2v) is 13.0. The Morgan fingerprint density at radius 1 is 0.600 bits per heavy atom. The molecule has 1 aliphatic heterocycles. The number of nitrogens with two attached hydrogens (primary N) is 1. The maximum atomic E-state index is 12.7. The average molecular weight is 809 g/mol. The molecule has 310 valence electrons. The third kappa shape index (κ3) is 26.0. The van der Waals surface area contributed by atoms with Gasteiger partial charge in [0.15, 0.2) is 6.29 Å². The molecule has 8 N–H and O–H groups in total. The first-order valence-corrected chi connectivity index (χ1v) is 19.9. The Balaban J connectivity index is 2.73. The van der Waals surface area contributed by atoms with E-state index < -0.39 is 61.5 Å². The average Bonchev–Trinajstić information content (AvgIpc) is 3.25. The molecule has 0 aromatic heterocycles. The van der Waals surface area contributed by atoms with Gasteiger partial charge in [0.2, 0.25) is 0 Å². The second-order valence-electron chi connectivity index (χ2n) is 13.0. The van der Waals surface area contributed by atoms with Gasteiger partial charge < -0.3 is 46.1 Å². The number of hydrogen-bond acceptors (Lipinski definition) is 9. The number of aliphatic hydroxyl groups excluding tert-OH is 5. The number of carbonyl (C=O) groups is 1. The molecule has 0 spiro atoms. The molecule has 1 rings (SSSR count). The van der Waals surface area contributed by atoms with E-state index in [2.05, 4.69) is 154 Å². The van der Waals surface area contributed by atoms with E-state index in [4.69, 9.17) is 15.2 Å². The van der Waals surface area contributed by atoms with Crippen LogP contribution in [0.4, 0.5) is 0 Å². The van der Waals surface area contributed by atoms with Gasteiger partial charge >= 0.3 is 0 Å². The summed E-state index contributed by atoms with van der Waals surface area (Å²) in [4.78, 5) is 12.7. The van der Waals surface area contributed by atoms with E-state index >= 15 is 0 Å². The van der Waals surface area contributed by atoms with Crippen LogP contribution < -0.4 is 11.1 Å². The van der Waals surface area contributed by atoms with Gasteiger partial charge in [-0.15, -0.1) is 0 Å². The lowest BCUT2D eigenvalue weighted by Gasteiger charge is -2.40. The molecule has 1 saturated heterocycles. The summed E-state index contributed by atoms with van der Waals surface area (Å²) in [6.45, 7) is 3.28. The van der Waals surface area contributed by atoms with Gasteiger partial charge in [0.05, 0.1) is 18.8 Å². The number of unbranched alkanes of at least 4 members (excludes halogenated alkanes) is 11. The highest BCUT2D eigenvalue weighted by Gasteiger charge is 2.44. The fraction of sp³-hybridized carbons (Fsp3) is 0.500. The van der Waals surface area contributed by atoms with Crippen molar-refractivity contribution in [3.63, 3.8) is 0 Å². The number of amides is 1. The van der Waals surface area contributed by atoms with Crippen molar-refractivity contribution in [1.29, 1.82) is 0 Å². The molecule has 60 heavy (non-hydrogen) atoms. The van der Waals surface area contributed by atoms with Crippen LogP contribution in [0.15, 0.2) is 0 Å². The maximum Gasteiger partial charge on any atom is 0.297 e. The van der Waals surface area contributed by atoms with Crippen molar-refractivity contribution in [1.82, 2.24) is 5.32 Å². The largest absolute Gasteiger partial charge is 0.390 e. The molecule has 0 radical (unpaired) electrons. The van der Waals surface area contributed by atoms with Gasteiger partial charge in [-0.1, -0.05) is 89.9 Å². The molecule has 0 saturated carbocycles. The molecule has 0 bridgehead atoms. The molecule has 1 fully saturated rings. The molecule has 10 nitrogen and oxygen atoms in total. The van der Waals surface area contributed by atoms with Gasteiger partial charge in [-0.25, -0.2) is 0 Å². The normalized spacial score (nSPS) is 17.8. The summed E-state index contributed by atoms with van der Waals surface area (Å²) in [6, 6.07) is -1.20. The predicted molar refractivity (Wildman–Crippen MR) is 230 cm³/mol. The van der Waals surface area contributed by atoms with Crippen molar-refractivity contribution in [2.45, 2.75) is 146 Å². The Morgan fingerprint density at radius 3 is 1.42 bits per heavy atom. The minimum Gasteiger partial charge on any atom is -0.390 e. The Labute approximate surface area is 357 Å². The summed E-state index contributed by atoms with van der Waals surface area (Å²) in [5, 5.41) is 55.1. The van der Waals surface area contributed by atoms with Crippen LogP contribution in [0.1, 0.15) is 97.3 Å². The molecule has 1 heterocycles. The van der Waals surface area contributed by atoms with Gasteiger partial charge in [0.1, 0.15) is 30.5 Å². The highest BCUT2D eigenvalue weighted by atomic mass is 16.7. The van der Waals surface area contributed by atoms with E-state index in [1.54, 1.807) is 6.92 Å². The van der Waals surface area contributed by atoms with E-state index in [1.807, 2.05) is 0 Å². The summed E-state index contributed by atoms with van der Waals surface area (Å²) in [5.74, 6) is 58.6.